The molecular weight excluding hydrogens is 369 g/mol. The Hall–Kier alpha value is -2.19. The molecule has 27 heavy (non-hydrogen) atoms. The standard InChI is InChI=1S/C19H22FN3O3S/c1-18(2,3)27(26)22-19(9-4-10-19)17-8-6-14(12-21-17)13-5-7-16(23(24)25)15(20)11-13/h5-8,11-12,22H,4,9-10H2,1-3H3/t27-/m0/s1. The molecular formula is C19H22FN3O3S. The zero-order valence-corrected chi connectivity index (χ0v) is 16.3. The van der Waals surface area contributed by atoms with Crippen molar-refractivity contribution in [1.29, 1.82) is 0 Å². The highest BCUT2D eigenvalue weighted by molar-refractivity contribution is 7.84. The van der Waals surface area contributed by atoms with Crippen LogP contribution < -0.4 is 4.72 Å². The minimum atomic E-state index is -1.21. The maximum Gasteiger partial charge on any atom is 0.304 e. The second-order valence-electron chi connectivity index (χ2n) is 7.77. The molecule has 1 saturated carbocycles. The van der Waals surface area contributed by atoms with Gasteiger partial charge in [0.15, 0.2) is 0 Å². The minimum Gasteiger partial charge on any atom is -0.259 e. The molecule has 0 aliphatic heterocycles. The molecule has 0 unspecified atom stereocenters. The van der Waals surface area contributed by atoms with E-state index in [1.807, 2.05) is 32.9 Å². The van der Waals surface area contributed by atoms with Gasteiger partial charge in [0.2, 0.25) is 5.82 Å². The quantitative estimate of drug-likeness (QED) is 0.611. The second-order valence-corrected chi connectivity index (χ2v) is 9.74. The van der Waals surface area contributed by atoms with E-state index in [0.717, 1.165) is 37.1 Å². The summed E-state index contributed by atoms with van der Waals surface area (Å²) in [7, 11) is -1.21. The fraction of sp³-hybridized carbons (Fsp3) is 0.421. The maximum absolute atomic E-state index is 13.9. The summed E-state index contributed by atoms with van der Waals surface area (Å²) in [6.45, 7) is 5.76. The Morgan fingerprint density at radius 3 is 2.33 bits per heavy atom. The van der Waals surface area contributed by atoms with Crippen molar-refractivity contribution in [3.05, 3.63) is 58.2 Å². The van der Waals surface area contributed by atoms with Crippen LogP contribution in [0.4, 0.5) is 10.1 Å². The van der Waals surface area contributed by atoms with Gasteiger partial charge in [0.25, 0.3) is 0 Å². The molecule has 1 heterocycles. The topological polar surface area (TPSA) is 85.1 Å². The summed E-state index contributed by atoms with van der Waals surface area (Å²) in [4.78, 5) is 14.5. The first-order valence-electron chi connectivity index (χ1n) is 8.73. The highest BCUT2D eigenvalue weighted by Crippen LogP contribution is 2.41. The normalized spacial score (nSPS) is 17.2. The highest BCUT2D eigenvalue weighted by atomic mass is 32.2. The van der Waals surface area contributed by atoms with Gasteiger partial charge in [0, 0.05) is 17.8 Å². The lowest BCUT2D eigenvalue weighted by atomic mass is 9.75. The number of pyridine rings is 1. The van der Waals surface area contributed by atoms with E-state index >= 15 is 0 Å². The molecule has 1 fully saturated rings. The smallest absolute Gasteiger partial charge is 0.259 e. The minimum absolute atomic E-state index is 0.376. The molecule has 1 N–H and O–H groups in total. The Bertz CT molecular complexity index is 890. The largest absolute Gasteiger partial charge is 0.304 e. The Kier molecular flexibility index (Phi) is 5.14. The van der Waals surface area contributed by atoms with Crippen LogP contribution in [0.1, 0.15) is 45.7 Å². The van der Waals surface area contributed by atoms with Gasteiger partial charge >= 0.3 is 5.69 Å². The molecule has 1 atom stereocenters. The van der Waals surface area contributed by atoms with Crippen LogP contribution in [0.25, 0.3) is 11.1 Å². The number of nitrogens with one attached hydrogen (secondary N) is 1. The predicted molar refractivity (Wildman–Crippen MR) is 103 cm³/mol. The molecule has 3 rings (SSSR count). The van der Waals surface area contributed by atoms with Gasteiger partial charge in [0.1, 0.15) is 0 Å². The molecule has 0 saturated heterocycles. The first-order valence-corrected chi connectivity index (χ1v) is 9.88. The number of hydrogen-bond acceptors (Lipinski definition) is 4. The van der Waals surface area contributed by atoms with E-state index in [-0.39, 0.29) is 4.75 Å². The van der Waals surface area contributed by atoms with Crippen molar-refractivity contribution < 1.29 is 13.5 Å². The van der Waals surface area contributed by atoms with Crippen LogP contribution >= 0.6 is 0 Å². The van der Waals surface area contributed by atoms with Crippen LogP contribution in [0.5, 0.6) is 0 Å². The second kappa shape index (κ2) is 7.09. The van der Waals surface area contributed by atoms with Crippen molar-refractivity contribution in [2.24, 2.45) is 0 Å². The summed E-state index contributed by atoms with van der Waals surface area (Å²) in [5, 5.41) is 10.7. The number of nitro groups is 1. The zero-order chi connectivity index (χ0) is 19.8. The van der Waals surface area contributed by atoms with E-state index in [1.165, 1.54) is 6.07 Å². The number of aromatic nitrogens is 1. The number of nitrogens with zero attached hydrogens (tertiary/aromatic N) is 2. The summed E-state index contributed by atoms with van der Waals surface area (Å²) in [5.74, 6) is -0.876. The summed E-state index contributed by atoms with van der Waals surface area (Å²) < 4.78 is 29.3. The fourth-order valence-electron chi connectivity index (χ4n) is 2.95. The lowest BCUT2D eigenvalue weighted by Crippen LogP contribution is -2.52. The van der Waals surface area contributed by atoms with Crippen LogP contribution in [0.15, 0.2) is 36.5 Å². The van der Waals surface area contributed by atoms with E-state index < -0.39 is 33.0 Å². The first kappa shape index (κ1) is 19.6. The Morgan fingerprint density at radius 1 is 1.22 bits per heavy atom. The number of benzene rings is 1. The summed E-state index contributed by atoms with van der Waals surface area (Å²) in [5.41, 5.74) is 1.03. The molecule has 1 aliphatic carbocycles. The number of halogens is 1. The lowest BCUT2D eigenvalue weighted by Gasteiger charge is -2.43. The average Bonchev–Trinajstić information content (AvgIpc) is 2.57. The summed E-state index contributed by atoms with van der Waals surface area (Å²) in [6, 6.07) is 7.45. The number of rotatable bonds is 5. The molecule has 144 valence electrons. The molecule has 2 aromatic rings. The number of nitro benzene ring substituents is 1. The number of hydrogen-bond donors (Lipinski definition) is 1. The van der Waals surface area contributed by atoms with Gasteiger partial charge in [-0.25, -0.2) is 8.93 Å². The van der Waals surface area contributed by atoms with E-state index in [0.29, 0.717) is 11.1 Å². The van der Waals surface area contributed by atoms with Crippen LogP contribution in [-0.4, -0.2) is 18.9 Å². The Morgan fingerprint density at radius 2 is 1.89 bits per heavy atom. The molecule has 0 bridgehead atoms. The van der Waals surface area contributed by atoms with Gasteiger partial charge in [-0.1, -0.05) is 6.07 Å². The van der Waals surface area contributed by atoms with Crippen molar-refractivity contribution in [3.63, 3.8) is 0 Å². The molecule has 1 aliphatic rings. The van der Waals surface area contributed by atoms with Gasteiger partial charge in [-0.2, -0.15) is 4.39 Å². The van der Waals surface area contributed by atoms with E-state index in [4.69, 9.17) is 0 Å². The highest BCUT2D eigenvalue weighted by Gasteiger charge is 2.42. The van der Waals surface area contributed by atoms with Crippen LogP contribution in [0.3, 0.4) is 0 Å². The molecule has 0 spiro atoms. The van der Waals surface area contributed by atoms with Gasteiger partial charge in [-0.05, 0) is 63.8 Å². The monoisotopic (exact) mass is 391 g/mol. The van der Waals surface area contributed by atoms with Gasteiger partial charge in [-0.15, -0.1) is 0 Å². The van der Waals surface area contributed by atoms with Crippen LogP contribution in [-0.2, 0) is 16.5 Å². The van der Waals surface area contributed by atoms with Crippen LogP contribution in [0, 0.1) is 15.9 Å². The third-order valence-electron chi connectivity index (χ3n) is 4.78. The van der Waals surface area contributed by atoms with E-state index in [9.17, 15) is 18.7 Å². The zero-order valence-electron chi connectivity index (χ0n) is 15.5. The van der Waals surface area contributed by atoms with Crippen molar-refractivity contribution >= 4 is 16.7 Å². The molecule has 1 aromatic heterocycles. The first-order chi connectivity index (χ1) is 12.6. The third kappa shape index (κ3) is 3.91. The van der Waals surface area contributed by atoms with E-state index in [1.54, 1.807) is 6.20 Å². The van der Waals surface area contributed by atoms with E-state index in [2.05, 4.69) is 9.71 Å². The van der Waals surface area contributed by atoms with Gasteiger partial charge in [-0.3, -0.25) is 15.1 Å². The predicted octanol–water partition coefficient (Wildman–Crippen LogP) is 4.23. The molecule has 1 aromatic carbocycles. The molecule has 6 nitrogen and oxygen atoms in total. The molecule has 8 heteroatoms. The SMILES string of the molecule is CC(C)(C)[S@](=O)NC1(c2ccc(-c3ccc([N+](=O)[O-])c(F)c3)cn2)CCC1. The summed E-state index contributed by atoms with van der Waals surface area (Å²) in [6.07, 6.45) is 4.36. The molecule has 0 amide bonds. The fourth-order valence-corrected chi connectivity index (χ4v) is 3.92. The van der Waals surface area contributed by atoms with Crippen molar-refractivity contribution in [2.45, 2.75) is 50.3 Å². The Labute approximate surface area is 159 Å². The maximum atomic E-state index is 13.9. The Balaban J connectivity index is 1.85. The van der Waals surface area contributed by atoms with Crippen molar-refractivity contribution in [3.8, 4) is 11.1 Å². The average molecular weight is 391 g/mol. The summed E-state index contributed by atoms with van der Waals surface area (Å²) >= 11 is 0. The lowest BCUT2D eigenvalue weighted by molar-refractivity contribution is -0.387. The third-order valence-corrected chi connectivity index (χ3v) is 6.47. The van der Waals surface area contributed by atoms with Gasteiger partial charge in [0.05, 0.1) is 31.9 Å². The van der Waals surface area contributed by atoms with Crippen LogP contribution in [0.2, 0.25) is 0 Å². The van der Waals surface area contributed by atoms with Crippen molar-refractivity contribution in [1.82, 2.24) is 9.71 Å². The van der Waals surface area contributed by atoms with Gasteiger partial charge < -0.3 is 0 Å². The van der Waals surface area contributed by atoms with Crippen molar-refractivity contribution in [2.75, 3.05) is 0 Å². The molecule has 0 radical (unpaired) electrons.